The van der Waals surface area contributed by atoms with E-state index in [0.29, 0.717) is 29.3 Å². The van der Waals surface area contributed by atoms with Crippen molar-refractivity contribution in [3.8, 4) is 22.8 Å². The summed E-state index contributed by atoms with van der Waals surface area (Å²) >= 11 is 0. The van der Waals surface area contributed by atoms with Crippen molar-refractivity contribution in [2.45, 2.75) is 84.3 Å². The molecule has 2 atom stereocenters. The summed E-state index contributed by atoms with van der Waals surface area (Å²) in [5.41, 5.74) is 1.26. The van der Waals surface area contributed by atoms with Crippen LogP contribution in [0.5, 0.6) is 11.6 Å². The molecule has 2 aromatic carbocycles. The number of aromatic nitrogens is 1. The molecule has 0 amide bonds. The number of nitrogens with zero attached hydrogens (tertiary/aromatic N) is 2. The molecular weight excluding hydrogens is 526 g/mol. The number of hydrogen-bond donors (Lipinski definition) is 1. The number of hydrogen-bond acceptors (Lipinski definition) is 5. The molecule has 1 aliphatic carbocycles. The van der Waals surface area contributed by atoms with Crippen LogP contribution in [0.3, 0.4) is 0 Å². The van der Waals surface area contributed by atoms with Gasteiger partial charge < -0.3 is 14.6 Å². The highest BCUT2D eigenvalue weighted by molar-refractivity contribution is 5.78. The summed E-state index contributed by atoms with van der Waals surface area (Å²) in [5, 5.41) is 9.54. The molecule has 3 aromatic rings. The van der Waals surface area contributed by atoms with Crippen molar-refractivity contribution in [3.05, 3.63) is 77.2 Å². The first-order chi connectivity index (χ1) is 19.4. The number of carboxylic acids is 1. The zero-order valence-electron chi connectivity index (χ0n) is 24.7. The van der Waals surface area contributed by atoms with Gasteiger partial charge in [0.15, 0.2) is 0 Å². The van der Waals surface area contributed by atoms with E-state index in [1.807, 2.05) is 18.2 Å². The number of pyridine rings is 1. The SMILES string of the molecule is COc1cc(-c2ccc(COc3cccc(C(C4CC4)[C@@](C)(F)C(=O)O)c3)cc2CN(C(C)C)C(C)C)c(F)cn1. The number of halogens is 2. The summed E-state index contributed by atoms with van der Waals surface area (Å²) < 4.78 is 41.6. The second kappa shape index (κ2) is 12.6. The van der Waals surface area contributed by atoms with E-state index in [2.05, 4.69) is 37.6 Å². The van der Waals surface area contributed by atoms with Gasteiger partial charge in [-0.3, -0.25) is 4.90 Å². The Kier molecular flexibility index (Phi) is 9.32. The average Bonchev–Trinajstić information content (AvgIpc) is 3.76. The summed E-state index contributed by atoms with van der Waals surface area (Å²) in [5.74, 6) is -1.74. The standard InChI is InChI=1S/C33H40F2N2O4/c1-20(2)37(21(3)4)18-25-14-22(10-13-27(25)28-16-30(40-6)36-17-29(28)34)19-41-26-9-7-8-24(15-26)31(23-11-12-23)33(5,35)32(38)39/h7-10,13-17,20-21,23,31H,11-12,18-19H2,1-6H3,(H,38,39)/t31?,33-/m1/s1. The Balaban J connectivity index is 1.63. The molecule has 0 radical (unpaired) electrons. The number of methoxy groups -OCH3 is 1. The third-order valence-electron chi connectivity index (χ3n) is 7.90. The van der Waals surface area contributed by atoms with Crippen LogP contribution in [0.2, 0.25) is 0 Å². The first-order valence-electron chi connectivity index (χ1n) is 14.1. The minimum absolute atomic E-state index is 0.00326. The van der Waals surface area contributed by atoms with Crippen LogP contribution < -0.4 is 9.47 Å². The Morgan fingerprint density at radius 2 is 1.80 bits per heavy atom. The van der Waals surface area contributed by atoms with E-state index >= 15 is 4.39 Å². The van der Waals surface area contributed by atoms with Crippen LogP contribution in [0.4, 0.5) is 8.78 Å². The van der Waals surface area contributed by atoms with Gasteiger partial charge in [-0.15, -0.1) is 0 Å². The predicted molar refractivity (Wildman–Crippen MR) is 155 cm³/mol. The lowest BCUT2D eigenvalue weighted by Crippen LogP contribution is -2.38. The van der Waals surface area contributed by atoms with Gasteiger partial charge >= 0.3 is 5.97 Å². The minimum atomic E-state index is -2.37. The number of ether oxygens (including phenoxy) is 2. The molecule has 0 bridgehead atoms. The van der Waals surface area contributed by atoms with Gasteiger partial charge in [-0.25, -0.2) is 18.6 Å². The highest BCUT2D eigenvalue weighted by atomic mass is 19.1. The largest absolute Gasteiger partial charge is 0.489 e. The Bertz CT molecular complexity index is 1360. The fourth-order valence-corrected chi connectivity index (χ4v) is 5.58. The predicted octanol–water partition coefficient (Wildman–Crippen LogP) is 7.40. The molecule has 1 aromatic heterocycles. The van der Waals surface area contributed by atoms with Gasteiger partial charge in [0.1, 0.15) is 18.2 Å². The fraction of sp³-hybridized carbons (Fsp3) is 0.455. The van der Waals surface area contributed by atoms with Crippen LogP contribution in [0.15, 0.2) is 54.7 Å². The van der Waals surface area contributed by atoms with Gasteiger partial charge in [0.05, 0.1) is 13.3 Å². The van der Waals surface area contributed by atoms with Gasteiger partial charge in [0.2, 0.25) is 11.5 Å². The number of benzene rings is 2. The first-order valence-corrected chi connectivity index (χ1v) is 14.1. The minimum Gasteiger partial charge on any atom is -0.489 e. The molecule has 6 nitrogen and oxygen atoms in total. The first kappa shape index (κ1) is 30.4. The normalized spacial score (nSPS) is 15.7. The van der Waals surface area contributed by atoms with E-state index in [1.165, 1.54) is 13.3 Å². The molecule has 41 heavy (non-hydrogen) atoms. The molecule has 1 fully saturated rings. The Morgan fingerprint density at radius 3 is 2.41 bits per heavy atom. The van der Waals surface area contributed by atoms with Crippen LogP contribution in [-0.4, -0.2) is 45.8 Å². The van der Waals surface area contributed by atoms with Crippen molar-refractivity contribution in [2.75, 3.05) is 7.11 Å². The molecule has 220 valence electrons. The highest BCUT2D eigenvalue weighted by Gasteiger charge is 2.50. The van der Waals surface area contributed by atoms with E-state index in [9.17, 15) is 14.3 Å². The summed E-state index contributed by atoms with van der Waals surface area (Å²) in [6.07, 6.45) is 2.79. The van der Waals surface area contributed by atoms with Crippen molar-refractivity contribution in [1.29, 1.82) is 0 Å². The topological polar surface area (TPSA) is 71.9 Å². The molecule has 1 unspecified atom stereocenters. The molecule has 0 aliphatic heterocycles. The van der Waals surface area contributed by atoms with Crippen molar-refractivity contribution in [2.24, 2.45) is 5.92 Å². The van der Waals surface area contributed by atoms with Crippen molar-refractivity contribution in [1.82, 2.24) is 9.88 Å². The van der Waals surface area contributed by atoms with Crippen LogP contribution >= 0.6 is 0 Å². The number of alkyl halides is 1. The van der Waals surface area contributed by atoms with E-state index < -0.39 is 23.4 Å². The van der Waals surface area contributed by atoms with E-state index in [-0.39, 0.29) is 24.6 Å². The van der Waals surface area contributed by atoms with Gasteiger partial charge in [-0.2, -0.15) is 0 Å². The third-order valence-corrected chi connectivity index (χ3v) is 7.90. The molecule has 0 spiro atoms. The lowest BCUT2D eigenvalue weighted by Gasteiger charge is -2.31. The summed E-state index contributed by atoms with van der Waals surface area (Å²) in [6.45, 7) is 10.5. The summed E-state index contributed by atoms with van der Waals surface area (Å²) in [6, 6.07) is 15.1. The molecule has 1 N–H and O–H groups in total. The van der Waals surface area contributed by atoms with E-state index in [1.54, 1.807) is 30.3 Å². The van der Waals surface area contributed by atoms with E-state index in [4.69, 9.17) is 9.47 Å². The van der Waals surface area contributed by atoms with Crippen molar-refractivity contribution >= 4 is 5.97 Å². The second-order valence-corrected chi connectivity index (χ2v) is 11.6. The van der Waals surface area contributed by atoms with Crippen LogP contribution in [0, 0.1) is 11.7 Å². The Labute approximate surface area is 241 Å². The Morgan fingerprint density at radius 1 is 1.10 bits per heavy atom. The zero-order valence-corrected chi connectivity index (χ0v) is 24.7. The van der Waals surface area contributed by atoms with Crippen molar-refractivity contribution < 1.29 is 28.2 Å². The summed E-state index contributed by atoms with van der Waals surface area (Å²) in [4.78, 5) is 18.0. The van der Waals surface area contributed by atoms with Gasteiger partial charge in [-0.05, 0) is 87.8 Å². The van der Waals surface area contributed by atoms with Crippen molar-refractivity contribution in [3.63, 3.8) is 0 Å². The number of carbonyl (C=O) groups is 1. The molecular formula is C33H40F2N2O4. The fourth-order valence-electron chi connectivity index (χ4n) is 5.58. The monoisotopic (exact) mass is 566 g/mol. The highest BCUT2D eigenvalue weighted by Crippen LogP contribution is 2.50. The third kappa shape index (κ3) is 7.04. The molecule has 0 saturated heterocycles. The lowest BCUT2D eigenvalue weighted by atomic mass is 9.81. The maximum atomic E-state index is 15.3. The molecule has 1 heterocycles. The molecule has 1 aliphatic rings. The number of aliphatic carboxylic acids is 1. The lowest BCUT2D eigenvalue weighted by molar-refractivity contribution is -0.151. The van der Waals surface area contributed by atoms with Crippen LogP contribution in [0.1, 0.15) is 70.1 Å². The maximum Gasteiger partial charge on any atom is 0.341 e. The van der Waals surface area contributed by atoms with Crippen LogP contribution in [0.25, 0.3) is 11.1 Å². The van der Waals surface area contributed by atoms with E-state index in [0.717, 1.165) is 36.5 Å². The number of rotatable bonds is 13. The summed E-state index contributed by atoms with van der Waals surface area (Å²) in [7, 11) is 1.50. The van der Waals surface area contributed by atoms with Gasteiger partial charge in [0, 0.05) is 36.2 Å². The molecule has 4 rings (SSSR count). The molecule has 1 saturated carbocycles. The second-order valence-electron chi connectivity index (χ2n) is 11.6. The Hall–Kier alpha value is -3.52. The van der Waals surface area contributed by atoms with Gasteiger partial charge in [-0.1, -0.05) is 30.3 Å². The van der Waals surface area contributed by atoms with Crippen LogP contribution in [-0.2, 0) is 17.9 Å². The molecule has 8 heteroatoms. The smallest absolute Gasteiger partial charge is 0.341 e. The van der Waals surface area contributed by atoms with Gasteiger partial charge in [0.25, 0.3) is 0 Å². The zero-order chi connectivity index (χ0) is 29.9. The number of carboxylic acid groups (broad SMARTS) is 1. The average molecular weight is 567 g/mol. The maximum absolute atomic E-state index is 15.3. The quantitative estimate of drug-likeness (QED) is 0.232.